The number of hydrogen-bond acceptors (Lipinski definition) is 3. The third-order valence-corrected chi connectivity index (χ3v) is 2.29. The van der Waals surface area contributed by atoms with Gasteiger partial charge in [-0.05, 0) is 18.2 Å². The van der Waals surface area contributed by atoms with Gasteiger partial charge in [-0.15, -0.1) is 0 Å². The molecule has 0 radical (unpaired) electrons. The quantitative estimate of drug-likeness (QED) is 0.806. The van der Waals surface area contributed by atoms with E-state index in [1.54, 1.807) is 0 Å². The van der Waals surface area contributed by atoms with E-state index in [9.17, 15) is 23.2 Å². The molecule has 0 fully saturated rings. The number of aliphatic carboxylic acids is 1. The number of halogens is 2. The minimum atomic E-state index is -1.47. The molecule has 7 heteroatoms. The SMILES string of the molecule is O=C(O)CC(NC(=O)c1cccc(F)c1)C(=O)CF. The van der Waals surface area contributed by atoms with Crippen LogP contribution in [0.15, 0.2) is 24.3 Å². The van der Waals surface area contributed by atoms with Gasteiger partial charge in [-0.3, -0.25) is 14.4 Å². The molecule has 0 aromatic heterocycles. The van der Waals surface area contributed by atoms with E-state index in [0.717, 1.165) is 12.1 Å². The van der Waals surface area contributed by atoms with Crippen molar-refractivity contribution in [1.29, 1.82) is 0 Å². The van der Waals surface area contributed by atoms with Gasteiger partial charge in [0.2, 0.25) is 0 Å². The molecule has 2 N–H and O–H groups in total. The Hall–Kier alpha value is -2.31. The molecule has 0 spiro atoms. The predicted molar refractivity (Wildman–Crippen MR) is 60.9 cm³/mol. The molecule has 0 aliphatic rings. The van der Waals surface area contributed by atoms with Crippen molar-refractivity contribution >= 4 is 17.7 Å². The van der Waals surface area contributed by atoms with Crippen LogP contribution in [0.5, 0.6) is 0 Å². The molecule has 1 amide bonds. The third-order valence-electron chi connectivity index (χ3n) is 2.29. The van der Waals surface area contributed by atoms with Crippen LogP contribution >= 0.6 is 0 Å². The van der Waals surface area contributed by atoms with Crippen molar-refractivity contribution in [1.82, 2.24) is 5.32 Å². The lowest BCUT2D eigenvalue weighted by atomic mass is 10.1. The Kier molecular flexibility index (Phi) is 5.11. The average molecular weight is 271 g/mol. The summed E-state index contributed by atoms with van der Waals surface area (Å²) in [6, 6.07) is 3.15. The third kappa shape index (κ3) is 4.46. The topological polar surface area (TPSA) is 83.5 Å². The fourth-order valence-electron chi connectivity index (χ4n) is 1.38. The van der Waals surface area contributed by atoms with Gasteiger partial charge in [0.1, 0.15) is 18.5 Å². The summed E-state index contributed by atoms with van der Waals surface area (Å²) < 4.78 is 25.1. The largest absolute Gasteiger partial charge is 0.481 e. The monoisotopic (exact) mass is 271 g/mol. The van der Waals surface area contributed by atoms with E-state index in [2.05, 4.69) is 5.32 Å². The van der Waals surface area contributed by atoms with Crippen LogP contribution in [0.25, 0.3) is 0 Å². The maximum absolute atomic E-state index is 12.9. The smallest absolute Gasteiger partial charge is 0.305 e. The summed E-state index contributed by atoms with van der Waals surface area (Å²) in [4.78, 5) is 33.3. The summed E-state index contributed by atoms with van der Waals surface area (Å²) >= 11 is 0. The Balaban J connectivity index is 2.81. The molecule has 0 heterocycles. The van der Waals surface area contributed by atoms with Crippen molar-refractivity contribution in [3.05, 3.63) is 35.6 Å². The fourth-order valence-corrected chi connectivity index (χ4v) is 1.38. The number of carbonyl (C=O) groups is 3. The molecule has 1 aromatic rings. The first-order chi connectivity index (χ1) is 8.93. The van der Waals surface area contributed by atoms with E-state index in [0.29, 0.717) is 0 Å². The van der Waals surface area contributed by atoms with Crippen molar-refractivity contribution in [2.75, 3.05) is 6.67 Å². The van der Waals surface area contributed by atoms with Crippen LogP contribution in [0.4, 0.5) is 8.78 Å². The summed E-state index contributed by atoms with van der Waals surface area (Å²) in [5, 5.41) is 10.6. The molecule has 1 unspecified atom stereocenters. The molecule has 5 nitrogen and oxygen atoms in total. The van der Waals surface area contributed by atoms with E-state index < -0.39 is 42.6 Å². The number of carboxylic acids is 1. The second-order valence-electron chi connectivity index (χ2n) is 3.73. The molecule has 0 aliphatic carbocycles. The zero-order valence-electron chi connectivity index (χ0n) is 9.73. The zero-order valence-corrected chi connectivity index (χ0v) is 9.73. The van der Waals surface area contributed by atoms with Gasteiger partial charge in [0.15, 0.2) is 5.78 Å². The lowest BCUT2D eigenvalue weighted by Crippen LogP contribution is -2.43. The van der Waals surface area contributed by atoms with E-state index >= 15 is 0 Å². The molecule has 1 aromatic carbocycles. The van der Waals surface area contributed by atoms with Crippen molar-refractivity contribution in [2.24, 2.45) is 0 Å². The fraction of sp³-hybridized carbons (Fsp3) is 0.250. The minimum absolute atomic E-state index is 0.0814. The Bertz CT molecular complexity index is 504. The Labute approximate surface area is 107 Å². The van der Waals surface area contributed by atoms with Crippen LogP contribution in [-0.4, -0.2) is 35.5 Å². The minimum Gasteiger partial charge on any atom is -0.481 e. The summed E-state index contributed by atoms with van der Waals surface area (Å²) in [7, 11) is 0. The van der Waals surface area contributed by atoms with Crippen LogP contribution in [0.3, 0.4) is 0 Å². The van der Waals surface area contributed by atoms with Gasteiger partial charge in [0, 0.05) is 5.56 Å². The van der Waals surface area contributed by atoms with Crippen LogP contribution in [0, 0.1) is 5.82 Å². The normalized spacial score (nSPS) is 11.7. The molecule has 0 aliphatic heterocycles. The maximum atomic E-state index is 12.9. The van der Waals surface area contributed by atoms with Crippen LogP contribution in [0.2, 0.25) is 0 Å². The van der Waals surface area contributed by atoms with Crippen molar-refractivity contribution in [2.45, 2.75) is 12.5 Å². The van der Waals surface area contributed by atoms with Crippen molar-refractivity contribution < 1.29 is 28.3 Å². The van der Waals surface area contributed by atoms with E-state index in [1.807, 2.05) is 0 Å². The molecule has 102 valence electrons. The Morgan fingerprint density at radius 3 is 2.53 bits per heavy atom. The zero-order chi connectivity index (χ0) is 14.4. The number of benzene rings is 1. The van der Waals surface area contributed by atoms with Gasteiger partial charge in [-0.25, -0.2) is 8.78 Å². The summed E-state index contributed by atoms with van der Waals surface area (Å²) in [5.74, 6) is -3.90. The molecule has 1 atom stereocenters. The maximum Gasteiger partial charge on any atom is 0.305 e. The van der Waals surface area contributed by atoms with Gasteiger partial charge in [0.05, 0.1) is 6.42 Å². The number of alkyl halides is 1. The van der Waals surface area contributed by atoms with Gasteiger partial charge in [0.25, 0.3) is 5.91 Å². The van der Waals surface area contributed by atoms with Crippen LogP contribution in [-0.2, 0) is 9.59 Å². The number of Topliss-reactive ketones (excluding diaryl/α,β-unsaturated/α-hetero) is 1. The highest BCUT2D eigenvalue weighted by Crippen LogP contribution is 2.05. The lowest BCUT2D eigenvalue weighted by Gasteiger charge is -2.14. The van der Waals surface area contributed by atoms with Crippen LogP contribution in [0.1, 0.15) is 16.8 Å². The second kappa shape index (κ2) is 6.58. The number of ketones is 1. The van der Waals surface area contributed by atoms with Gasteiger partial charge in [-0.1, -0.05) is 6.07 Å². The first-order valence-electron chi connectivity index (χ1n) is 5.31. The highest BCUT2D eigenvalue weighted by Gasteiger charge is 2.23. The molecule has 1 rings (SSSR count). The predicted octanol–water partition coefficient (Wildman–Crippen LogP) is 0.937. The van der Waals surface area contributed by atoms with Crippen molar-refractivity contribution in [3.8, 4) is 0 Å². The van der Waals surface area contributed by atoms with Crippen LogP contribution < -0.4 is 5.32 Å². The van der Waals surface area contributed by atoms with E-state index in [-0.39, 0.29) is 5.56 Å². The second-order valence-corrected chi connectivity index (χ2v) is 3.73. The van der Waals surface area contributed by atoms with Gasteiger partial charge < -0.3 is 10.4 Å². The van der Waals surface area contributed by atoms with Gasteiger partial charge >= 0.3 is 5.97 Å². The first-order valence-corrected chi connectivity index (χ1v) is 5.31. The number of carboxylic acid groups (broad SMARTS) is 1. The number of carbonyl (C=O) groups excluding carboxylic acids is 2. The van der Waals surface area contributed by atoms with Gasteiger partial charge in [-0.2, -0.15) is 0 Å². The highest BCUT2D eigenvalue weighted by atomic mass is 19.1. The van der Waals surface area contributed by atoms with E-state index in [1.165, 1.54) is 12.1 Å². The summed E-state index contributed by atoms with van der Waals surface area (Å²) in [6.07, 6.45) is -0.732. The molecule has 0 saturated carbocycles. The molecule has 0 saturated heterocycles. The molecule has 0 bridgehead atoms. The number of rotatable bonds is 6. The Morgan fingerprint density at radius 1 is 1.32 bits per heavy atom. The van der Waals surface area contributed by atoms with E-state index in [4.69, 9.17) is 5.11 Å². The van der Waals surface area contributed by atoms with Crippen molar-refractivity contribution in [3.63, 3.8) is 0 Å². The number of nitrogens with one attached hydrogen (secondary N) is 1. The molecular weight excluding hydrogens is 260 g/mol. The first kappa shape index (κ1) is 14.7. The number of amides is 1. The summed E-state index contributed by atoms with van der Waals surface area (Å²) in [5.41, 5.74) is -0.0814. The lowest BCUT2D eigenvalue weighted by molar-refractivity contribution is -0.139. The Morgan fingerprint density at radius 2 is 2.00 bits per heavy atom. The highest BCUT2D eigenvalue weighted by molar-refractivity contribution is 5.99. The molecular formula is C12H11F2NO4. The average Bonchev–Trinajstić information content (AvgIpc) is 2.36. The molecule has 19 heavy (non-hydrogen) atoms. The summed E-state index contributed by atoms with van der Waals surface area (Å²) in [6.45, 7) is -1.39. The number of hydrogen-bond donors (Lipinski definition) is 2. The standard InChI is InChI=1S/C12H11F2NO4/c13-6-10(16)9(5-11(17)18)15-12(19)7-2-1-3-8(14)4-7/h1-4,9H,5-6H2,(H,15,19)(H,17,18).